The Morgan fingerprint density at radius 3 is 2.13 bits per heavy atom. The van der Waals surface area contributed by atoms with Crippen molar-refractivity contribution < 1.29 is 34.7 Å². The van der Waals surface area contributed by atoms with Gasteiger partial charge in [-0.1, -0.05) is 39.3 Å². The standard InChI is InChI=1S/C20H37NO5.C8H17NO2.C2H6/c1-12-8-13(2)10-21(7)16(5)18(23)20(6,25)11-26-19(24)15(4)17(22)14(3)9-12;1-6-4-7(9(2)3)5-8(10)11-6;1-2/h8,13-18,22-23,25H,9-11H2,1-7H3;6-8,10H,4-5H2,1-3H3;1-2H3/b12-8+;;/t13-,14-,15?,16-,17?,18-,20-;6?,7-,8?;/m10./s1. The van der Waals surface area contributed by atoms with Crippen LogP contribution in [0, 0.1) is 17.8 Å². The number of aliphatic hydroxyl groups is 4. The van der Waals surface area contributed by atoms with Gasteiger partial charge in [-0.2, -0.15) is 0 Å². The Bertz CT molecular complexity index is 720. The van der Waals surface area contributed by atoms with E-state index in [0.29, 0.717) is 12.5 Å². The van der Waals surface area contributed by atoms with E-state index < -0.39 is 36.0 Å². The molecule has 1 saturated heterocycles. The molecule has 1 fully saturated rings. The number of nitrogens with zero attached hydrogens (tertiary/aromatic N) is 2. The van der Waals surface area contributed by atoms with Crippen LogP contribution in [0.4, 0.5) is 0 Å². The van der Waals surface area contributed by atoms with Gasteiger partial charge in [-0.15, -0.1) is 0 Å². The van der Waals surface area contributed by atoms with Gasteiger partial charge in [-0.05, 0) is 80.4 Å². The summed E-state index contributed by atoms with van der Waals surface area (Å²) in [6, 6.07) is 0.153. The summed E-state index contributed by atoms with van der Waals surface area (Å²) in [5.41, 5.74) is -0.414. The van der Waals surface area contributed by atoms with E-state index in [1.807, 2.05) is 67.6 Å². The van der Waals surface area contributed by atoms with Crippen LogP contribution in [0.25, 0.3) is 0 Å². The number of likely N-dealkylation sites (N-methyl/N-ethyl adjacent to an activating group) is 1. The van der Waals surface area contributed by atoms with Crippen molar-refractivity contribution in [3.63, 3.8) is 0 Å². The molecule has 10 atom stereocenters. The maximum Gasteiger partial charge on any atom is 0.311 e. The predicted molar refractivity (Wildman–Crippen MR) is 156 cm³/mol. The molecule has 0 amide bonds. The molecule has 9 heteroatoms. The van der Waals surface area contributed by atoms with Gasteiger partial charge >= 0.3 is 5.97 Å². The molecule has 232 valence electrons. The van der Waals surface area contributed by atoms with Gasteiger partial charge in [-0.25, -0.2) is 0 Å². The normalized spacial score (nSPS) is 40.9. The minimum atomic E-state index is -1.57. The zero-order valence-electron chi connectivity index (χ0n) is 26.7. The molecule has 0 aliphatic carbocycles. The van der Waals surface area contributed by atoms with Crippen molar-refractivity contribution in [2.45, 2.75) is 124 Å². The minimum Gasteiger partial charge on any atom is -0.462 e. The van der Waals surface area contributed by atoms with E-state index in [-0.39, 0.29) is 30.6 Å². The summed E-state index contributed by atoms with van der Waals surface area (Å²) in [5, 5.41) is 40.9. The fourth-order valence-corrected chi connectivity index (χ4v) is 5.20. The predicted octanol–water partition coefficient (Wildman–Crippen LogP) is 3.04. The number of allylic oxidation sites excluding steroid dienone is 1. The summed E-state index contributed by atoms with van der Waals surface area (Å²) in [4.78, 5) is 16.4. The highest BCUT2D eigenvalue weighted by molar-refractivity contribution is 5.72. The van der Waals surface area contributed by atoms with Crippen molar-refractivity contribution in [2.24, 2.45) is 17.8 Å². The van der Waals surface area contributed by atoms with Crippen LogP contribution < -0.4 is 0 Å². The molecule has 0 aromatic carbocycles. The van der Waals surface area contributed by atoms with E-state index >= 15 is 0 Å². The van der Waals surface area contributed by atoms with Gasteiger partial charge < -0.3 is 39.7 Å². The highest BCUT2D eigenvalue weighted by Crippen LogP contribution is 2.25. The summed E-state index contributed by atoms with van der Waals surface area (Å²) >= 11 is 0. The van der Waals surface area contributed by atoms with Gasteiger partial charge in [0.05, 0.1) is 18.1 Å². The summed E-state index contributed by atoms with van der Waals surface area (Å²) in [5.74, 6) is -1.10. The van der Waals surface area contributed by atoms with Crippen LogP contribution in [0.5, 0.6) is 0 Å². The van der Waals surface area contributed by atoms with Crippen molar-refractivity contribution >= 4 is 5.97 Å². The summed E-state index contributed by atoms with van der Waals surface area (Å²) in [6.07, 6.45) is 2.32. The summed E-state index contributed by atoms with van der Waals surface area (Å²) in [7, 11) is 5.98. The molecule has 2 aliphatic rings. The Balaban J connectivity index is 0.000000920. The zero-order valence-corrected chi connectivity index (χ0v) is 26.7. The number of rotatable bonds is 1. The monoisotopic (exact) mass is 560 g/mol. The molecule has 9 nitrogen and oxygen atoms in total. The third-order valence-electron chi connectivity index (χ3n) is 7.75. The van der Waals surface area contributed by atoms with Crippen molar-refractivity contribution in [3.8, 4) is 0 Å². The average Bonchev–Trinajstić information content (AvgIpc) is 2.85. The topological polar surface area (TPSA) is 123 Å². The van der Waals surface area contributed by atoms with Crippen LogP contribution in [0.15, 0.2) is 11.6 Å². The number of esters is 1. The van der Waals surface area contributed by atoms with Crippen LogP contribution in [0.2, 0.25) is 0 Å². The van der Waals surface area contributed by atoms with Crippen LogP contribution in [0.3, 0.4) is 0 Å². The van der Waals surface area contributed by atoms with Crippen molar-refractivity contribution in [2.75, 3.05) is 34.3 Å². The van der Waals surface area contributed by atoms with Crippen molar-refractivity contribution in [3.05, 3.63) is 11.6 Å². The maximum absolute atomic E-state index is 12.3. The third-order valence-corrected chi connectivity index (χ3v) is 7.75. The molecule has 0 saturated carbocycles. The van der Waals surface area contributed by atoms with E-state index in [2.05, 4.69) is 17.9 Å². The molecule has 39 heavy (non-hydrogen) atoms. The van der Waals surface area contributed by atoms with E-state index in [9.17, 15) is 25.2 Å². The fraction of sp³-hybridized carbons (Fsp3) is 0.900. The van der Waals surface area contributed by atoms with E-state index in [1.54, 1.807) is 6.92 Å². The molecule has 0 radical (unpaired) electrons. The number of carbonyl (C=O) groups excluding carboxylic acids is 1. The molecular weight excluding hydrogens is 500 g/mol. The second kappa shape index (κ2) is 17.7. The molecule has 4 N–H and O–H groups in total. The van der Waals surface area contributed by atoms with Crippen LogP contribution >= 0.6 is 0 Å². The molecular formula is C30H60N2O7. The lowest BCUT2D eigenvalue weighted by molar-refractivity contribution is -0.172. The Kier molecular flexibility index (Phi) is 17.2. The third kappa shape index (κ3) is 13.0. The lowest BCUT2D eigenvalue weighted by Crippen LogP contribution is -2.55. The Morgan fingerprint density at radius 1 is 1.05 bits per heavy atom. The molecule has 2 rings (SSSR count). The fourth-order valence-electron chi connectivity index (χ4n) is 5.20. The van der Waals surface area contributed by atoms with Gasteiger partial charge in [0.15, 0.2) is 6.29 Å². The number of hydrogen-bond donors (Lipinski definition) is 4. The SMILES string of the molecule is C/C1=C\[C@@H](C)CN(C)[C@H](C)[C@@H](O)[C@](C)(O)COC(=O)C(C)C(O)[C@H](C)C1.CC.CC1C[C@H](N(C)C)CC(O)O1. The first-order valence-corrected chi connectivity index (χ1v) is 14.6. The van der Waals surface area contributed by atoms with E-state index in [1.165, 1.54) is 6.92 Å². The summed E-state index contributed by atoms with van der Waals surface area (Å²) < 4.78 is 10.4. The highest BCUT2D eigenvalue weighted by Gasteiger charge is 2.39. The Hall–Kier alpha value is -1.07. The first-order valence-electron chi connectivity index (χ1n) is 14.6. The zero-order chi connectivity index (χ0) is 30.7. The molecule has 4 unspecified atom stereocenters. The van der Waals surface area contributed by atoms with Gasteiger partial charge in [0.2, 0.25) is 0 Å². The Labute approximate surface area is 238 Å². The molecule has 0 aromatic heterocycles. The first-order chi connectivity index (χ1) is 18.0. The van der Waals surface area contributed by atoms with E-state index in [0.717, 1.165) is 25.0 Å². The number of carbonyl (C=O) groups is 1. The van der Waals surface area contributed by atoms with Crippen LogP contribution in [-0.2, 0) is 14.3 Å². The van der Waals surface area contributed by atoms with E-state index in [4.69, 9.17) is 9.47 Å². The number of hydrogen-bond acceptors (Lipinski definition) is 9. The largest absolute Gasteiger partial charge is 0.462 e. The lowest BCUT2D eigenvalue weighted by Gasteiger charge is -2.37. The van der Waals surface area contributed by atoms with Gasteiger partial charge in [-0.3, -0.25) is 4.79 Å². The average molecular weight is 561 g/mol. The van der Waals surface area contributed by atoms with Gasteiger partial charge in [0, 0.05) is 25.0 Å². The minimum absolute atomic E-state index is 0.0890. The quantitative estimate of drug-likeness (QED) is 0.283. The number of ether oxygens (including phenoxy) is 2. The maximum atomic E-state index is 12.3. The second-order valence-corrected chi connectivity index (χ2v) is 12.0. The molecule has 2 heterocycles. The lowest BCUT2D eigenvalue weighted by atomic mass is 9.88. The smallest absolute Gasteiger partial charge is 0.311 e. The molecule has 2 aliphatic heterocycles. The number of cyclic esters (lactones) is 1. The van der Waals surface area contributed by atoms with Gasteiger partial charge in [0.25, 0.3) is 0 Å². The van der Waals surface area contributed by atoms with Gasteiger partial charge in [0.1, 0.15) is 18.3 Å². The molecule has 0 spiro atoms. The van der Waals surface area contributed by atoms with Crippen LogP contribution in [0.1, 0.15) is 81.6 Å². The molecule has 0 bridgehead atoms. The first kappa shape index (κ1) is 37.9. The summed E-state index contributed by atoms with van der Waals surface area (Å²) in [6.45, 7) is 17.4. The second-order valence-electron chi connectivity index (χ2n) is 12.0. The molecule has 0 aromatic rings. The number of aliphatic hydroxyl groups excluding tert-OH is 3. The van der Waals surface area contributed by atoms with Crippen molar-refractivity contribution in [1.82, 2.24) is 9.80 Å². The Morgan fingerprint density at radius 2 is 1.62 bits per heavy atom. The van der Waals surface area contributed by atoms with Crippen molar-refractivity contribution in [1.29, 1.82) is 0 Å². The highest BCUT2D eigenvalue weighted by atomic mass is 16.6. The van der Waals surface area contributed by atoms with Crippen LogP contribution in [-0.4, -0.2) is 113 Å².